The predicted molar refractivity (Wildman–Crippen MR) is 114 cm³/mol. The number of benzene rings is 2. The molecule has 0 bridgehead atoms. The van der Waals surface area contributed by atoms with Gasteiger partial charge in [0.25, 0.3) is 0 Å². The Morgan fingerprint density at radius 3 is 2.30 bits per heavy atom. The first-order valence-electron chi connectivity index (χ1n) is 11.0. The number of hydrogen-bond donors (Lipinski definition) is 2. The van der Waals surface area contributed by atoms with E-state index in [1.807, 2.05) is 24.3 Å². The van der Waals surface area contributed by atoms with E-state index < -0.39 is 11.7 Å². The molecule has 2 aromatic rings. The molecule has 0 aromatic heterocycles. The van der Waals surface area contributed by atoms with Crippen molar-refractivity contribution in [2.75, 3.05) is 26.4 Å². The molecular weight excluding hydrogens is 378 g/mol. The van der Waals surface area contributed by atoms with Gasteiger partial charge in [0, 0.05) is 24.5 Å². The van der Waals surface area contributed by atoms with Gasteiger partial charge in [-0.25, -0.2) is 4.79 Å². The van der Waals surface area contributed by atoms with E-state index in [1.165, 1.54) is 22.3 Å². The summed E-state index contributed by atoms with van der Waals surface area (Å²) in [6.07, 6.45) is 3.96. The highest BCUT2D eigenvalue weighted by Gasteiger charge is 2.54. The molecule has 3 aliphatic rings. The number of aliphatic hydroxyl groups is 1. The zero-order chi connectivity index (χ0) is 20.6. The van der Waals surface area contributed by atoms with Gasteiger partial charge in [-0.3, -0.25) is 0 Å². The maximum atomic E-state index is 12.5. The lowest BCUT2D eigenvalue weighted by Gasteiger charge is -2.45. The highest BCUT2D eigenvalue weighted by Crippen LogP contribution is 2.52. The van der Waals surface area contributed by atoms with Crippen LogP contribution in [0.1, 0.15) is 49.1 Å². The molecule has 2 aromatic carbocycles. The van der Waals surface area contributed by atoms with Gasteiger partial charge in [-0.2, -0.15) is 0 Å². The van der Waals surface area contributed by atoms with Gasteiger partial charge in [0.2, 0.25) is 0 Å². The summed E-state index contributed by atoms with van der Waals surface area (Å²) in [5.74, 6) is 0.0413. The number of amides is 1. The molecule has 5 heteroatoms. The third-order valence-corrected chi connectivity index (χ3v) is 7.55. The number of nitrogens with one attached hydrogen (secondary N) is 1. The summed E-state index contributed by atoms with van der Waals surface area (Å²) in [5.41, 5.74) is 3.81. The average molecular weight is 408 g/mol. The summed E-state index contributed by atoms with van der Waals surface area (Å²) in [4.78, 5) is 12.5. The molecule has 1 saturated carbocycles. The summed E-state index contributed by atoms with van der Waals surface area (Å²) >= 11 is 0. The van der Waals surface area contributed by atoms with Crippen LogP contribution in [0.15, 0.2) is 48.5 Å². The largest absolute Gasteiger partial charge is 0.449 e. The van der Waals surface area contributed by atoms with Gasteiger partial charge < -0.3 is 19.9 Å². The summed E-state index contributed by atoms with van der Waals surface area (Å²) in [6, 6.07) is 16.6. The van der Waals surface area contributed by atoms with Gasteiger partial charge in [0.05, 0.1) is 12.1 Å². The Balaban J connectivity index is 1.23. The van der Waals surface area contributed by atoms with Crippen LogP contribution in [0.3, 0.4) is 0 Å². The number of alkyl carbamates (subject to hydrolysis) is 1. The minimum absolute atomic E-state index is 0.0413. The second-order valence-electron chi connectivity index (χ2n) is 8.96. The van der Waals surface area contributed by atoms with E-state index in [9.17, 15) is 9.90 Å². The third kappa shape index (κ3) is 3.21. The lowest BCUT2D eigenvalue weighted by atomic mass is 9.69. The zero-order valence-corrected chi connectivity index (χ0v) is 17.2. The lowest BCUT2D eigenvalue weighted by Crippen LogP contribution is -2.54. The van der Waals surface area contributed by atoms with Crippen LogP contribution in [0.2, 0.25) is 0 Å². The van der Waals surface area contributed by atoms with Crippen LogP contribution >= 0.6 is 0 Å². The fraction of sp³-hybridized carbons (Fsp3) is 0.480. The molecule has 2 N–H and O–H groups in total. The summed E-state index contributed by atoms with van der Waals surface area (Å²) < 4.78 is 11.1. The maximum Gasteiger partial charge on any atom is 0.407 e. The highest BCUT2D eigenvalue weighted by molar-refractivity contribution is 5.79. The maximum absolute atomic E-state index is 12.5. The van der Waals surface area contributed by atoms with Gasteiger partial charge in [-0.05, 0) is 54.4 Å². The van der Waals surface area contributed by atoms with Gasteiger partial charge in [0.1, 0.15) is 6.61 Å². The molecule has 5 nitrogen and oxygen atoms in total. The fourth-order valence-electron chi connectivity index (χ4n) is 5.84. The molecule has 1 saturated heterocycles. The van der Waals surface area contributed by atoms with Crippen molar-refractivity contribution in [3.63, 3.8) is 0 Å². The molecular formula is C25H29NO4. The number of ether oxygens (including phenoxy) is 2. The Hall–Kier alpha value is -2.37. The SMILES string of the molecule is O=C(NCC1(O)CCCC12CCOCC2)OCC1c2ccccc2-c2ccccc21. The molecule has 1 amide bonds. The average Bonchev–Trinajstić information content (AvgIpc) is 3.27. The van der Waals surface area contributed by atoms with E-state index >= 15 is 0 Å². The molecule has 1 heterocycles. The Bertz CT molecular complexity index is 891. The number of carbonyl (C=O) groups excluding carboxylic acids is 1. The second-order valence-corrected chi connectivity index (χ2v) is 8.96. The standard InChI is InChI=1S/C25H29NO4/c27-23(26-17-25(28)11-5-10-24(25)12-14-29-15-13-24)30-16-22-20-8-3-1-6-18(20)19-7-2-4-9-21(19)22/h1-4,6-9,22,28H,5,10-17H2,(H,26,27). The molecule has 1 aliphatic heterocycles. The van der Waals surface area contributed by atoms with Gasteiger partial charge >= 0.3 is 6.09 Å². The van der Waals surface area contributed by atoms with Crippen LogP contribution in [0.25, 0.3) is 11.1 Å². The summed E-state index contributed by atoms with van der Waals surface area (Å²) in [7, 11) is 0. The molecule has 2 fully saturated rings. The molecule has 1 atom stereocenters. The van der Waals surface area contributed by atoms with Crippen molar-refractivity contribution in [3.8, 4) is 11.1 Å². The van der Waals surface area contributed by atoms with Crippen LogP contribution in [-0.4, -0.2) is 43.2 Å². The van der Waals surface area contributed by atoms with E-state index in [2.05, 4.69) is 29.6 Å². The van der Waals surface area contributed by atoms with Crippen molar-refractivity contribution in [1.82, 2.24) is 5.32 Å². The van der Waals surface area contributed by atoms with Crippen molar-refractivity contribution < 1.29 is 19.4 Å². The lowest BCUT2D eigenvalue weighted by molar-refractivity contribution is -0.110. The smallest absolute Gasteiger partial charge is 0.407 e. The minimum atomic E-state index is -0.873. The van der Waals surface area contributed by atoms with Crippen LogP contribution in [-0.2, 0) is 9.47 Å². The Morgan fingerprint density at radius 1 is 1.00 bits per heavy atom. The quantitative estimate of drug-likeness (QED) is 0.796. The van der Waals surface area contributed by atoms with E-state index in [-0.39, 0.29) is 24.5 Å². The van der Waals surface area contributed by atoms with Crippen LogP contribution in [0.5, 0.6) is 0 Å². The second kappa shape index (κ2) is 7.71. The molecule has 30 heavy (non-hydrogen) atoms. The number of hydrogen-bond acceptors (Lipinski definition) is 4. The molecule has 5 rings (SSSR count). The van der Waals surface area contributed by atoms with Crippen molar-refractivity contribution >= 4 is 6.09 Å². The first-order chi connectivity index (χ1) is 14.6. The first-order valence-corrected chi connectivity index (χ1v) is 11.0. The van der Waals surface area contributed by atoms with E-state index in [4.69, 9.17) is 9.47 Å². The Labute approximate surface area is 177 Å². The van der Waals surface area contributed by atoms with Crippen molar-refractivity contribution in [2.45, 2.75) is 43.6 Å². The molecule has 158 valence electrons. The first kappa shape index (κ1) is 19.6. The van der Waals surface area contributed by atoms with E-state index in [0.29, 0.717) is 13.2 Å². The fourth-order valence-corrected chi connectivity index (χ4v) is 5.84. The number of carbonyl (C=O) groups is 1. The summed E-state index contributed by atoms with van der Waals surface area (Å²) in [6.45, 7) is 1.90. The van der Waals surface area contributed by atoms with Crippen LogP contribution in [0, 0.1) is 5.41 Å². The Kier molecular flexibility index (Phi) is 5.03. The van der Waals surface area contributed by atoms with Gasteiger partial charge in [-0.1, -0.05) is 48.5 Å². The van der Waals surface area contributed by atoms with Crippen LogP contribution in [0.4, 0.5) is 4.79 Å². The van der Waals surface area contributed by atoms with E-state index in [0.717, 1.165) is 32.1 Å². The van der Waals surface area contributed by atoms with E-state index in [1.54, 1.807) is 0 Å². The highest BCUT2D eigenvalue weighted by atomic mass is 16.5. The normalized spacial score (nSPS) is 24.4. The van der Waals surface area contributed by atoms with Crippen LogP contribution < -0.4 is 5.32 Å². The third-order valence-electron chi connectivity index (χ3n) is 7.55. The molecule has 2 aliphatic carbocycles. The molecule has 0 radical (unpaired) electrons. The number of fused-ring (bicyclic) bond motifs is 3. The predicted octanol–water partition coefficient (Wildman–Crippen LogP) is 4.24. The zero-order valence-electron chi connectivity index (χ0n) is 17.2. The number of rotatable bonds is 4. The molecule has 1 spiro atoms. The minimum Gasteiger partial charge on any atom is -0.449 e. The topological polar surface area (TPSA) is 67.8 Å². The monoisotopic (exact) mass is 407 g/mol. The van der Waals surface area contributed by atoms with Gasteiger partial charge in [-0.15, -0.1) is 0 Å². The van der Waals surface area contributed by atoms with Crippen molar-refractivity contribution in [1.29, 1.82) is 0 Å². The summed E-state index contributed by atoms with van der Waals surface area (Å²) in [5, 5.41) is 14.2. The van der Waals surface area contributed by atoms with Crippen molar-refractivity contribution in [2.24, 2.45) is 5.41 Å². The molecule has 1 unspecified atom stereocenters. The van der Waals surface area contributed by atoms with Gasteiger partial charge in [0.15, 0.2) is 0 Å². The van der Waals surface area contributed by atoms with Crippen molar-refractivity contribution in [3.05, 3.63) is 59.7 Å². The Morgan fingerprint density at radius 2 is 1.63 bits per heavy atom.